The molecule has 1 aliphatic rings. The van der Waals surface area contributed by atoms with Crippen LogP contribution in [0, 0.1) is 0 Å². The quantitative estimate of drug-likeness (QED) is 0.219. The lowest BCUT2D eigenvalue weighted by Crippen LogP contribution is -2.25. The van der Waals surface area contributed by atoms with Gasteiger partial charge in [0.15, 0.2) is 18.1 Å². The summed E-state index contributed by atoms with van der Waals surface area (Å²) in [4.78, 5) is 30.8. The van der Waals surface area contributed by atoms with Crippen LogP contribution in [0.5, 0.6) is 11.5 Å². The molecule has 8 nitrogen and oxygen atoms in total. The van der Waals surface area contributed by atoms with Gasteiger partial charge in [0.1, 0.15) is 10.8 Å². The van der Waals surface area contributed by atoms with Gasteiger partial charge < -0.3 is 14.8 Å². The number of nitrogens with one attached hydrogen (secondary N) is 1. The van der Waals surface area contributed by atoms with E-state index < -0.39 is 0 Å². The molecule has 1 saturated carbocycles. The Balaban J connectivity index is 1.45. The Labute approximate surface area is 245 Å². The molecule has 40 heavy (non-hydrogen) atoms. The number of para-hydroxylation sites is 2. The highest BCUT2D eigenvalue weighted by atomic mass is 79.9. The highest BCUT2D eigenvalue weighted by Gasteiger charge is 2.23. The van der Waals surface area contributed by atoms with Gasteiger partial charge in [0.2, 0.25) is 0 Å². The fourth-order valence-electron chi connectivity index (χ4n) is 4.84. The van der Waals surface area contributed by atoms with Gasteiger partial charge in [-0.05, 0) is 59.1 Å². The standard InChI is InChI=1S/C30H28BrClN4O4/c1-39-24-16-20(26(31)27(32)28(24)40-18-25(37)34-21-12-6-3-7-13-21)17-33-36-29(19-10-4-2-5-11-19)35-23-15-9-8-14-22(23)30(36)38/h3,6-9,12-17,19H,2,4-5,10-11,18H2,1H3,(H,34,37). The van der Waals surface area contributed by atoms with E-state index in [1.54, 1.807) is 30.5 Å². The molecule has 1 fully saturated rings. The minimum absolute atomic E-state index is 0.155. The van der Waals surface area contributed by atoms with E-state index >= 15 is 0 Å². The summed E-state index contributed by atoms with van der Waals surface area (Å²) in [5.41, 5.74) is 1.68. The molecule has 0 unspecified atom stereocenters. The lowest BCUT2D eigenvalue weighted by Gasteiger charge is -2.22. The lowest BCUT2D eigenvalue weighted by atomic mass is 9.88. The van der Waals surface area contributed by atoms with E-state index in [2.05, 4.69) is 26.3 Å². The maximum Gasteiger partial charge on any atom is 0.282 e. The molecule has 1 aromatic heterocycles. The number of hydrogen-bond donors (Lipinski definition) is 1. The number of methoxy groups -OCH3 is 1. The molecule has 0 saturated heterocycles. The molecule has 0 bridgehead atoms. The van der Waals surface area contributed by atoms with Crippen molar-refractivity contribution in [3.8, 4) is 11.5 Å². The molecule has 1 heterocycles. The first kappa shape index (κ1) is 27.9. The van der Waals surface area contributed by atoms with Crippen molar-refractivity contribution in [3.63, 3.8) is 0 Å². The third kappa shape index (κ3) is 6.05. The molecule has 3 aromatic carbocycles. The summed E-state index contributed by atoms with van der Waals surface area (Å²) in [5, 5.41) is 8.08. The van der Waals surface area contributed by atoms with Gasteiger partial charge in [-0.2, -0.15) is 9.78 Å². The van der Waals surface area contributed by atoms with Gasteiger partial charge in [-0.1, -0.05) is 61.2 Å². The minimum Gasteiger partial charge on any atom is -0.493 e. The van der Waals surface area contributed by atoms with Gasteiger partial charge in [0, 0.05) is 21.6 Å². The topological polar surface area (TPSA) is 94.8 Å². The van der Waals surface area contributed by atoms with Crippen molar-refractivity contribution >= 4 is 56.2 Å². The zero-order valence-corrected chi connectivity index (χ0v) is 24.2. The van der Waals surface area contributed by atoms with Crippen LogP contribution in [0.4, 0.5) is 5.69 Å². The number of carbonyl (C=O) groups is 1. The molecule has 1 aliphatic carbocycles. The van der Waals surface area contributed by atoms with Crippen molar-refractivity contribution in [2.45, 2.75) is 38.0 Å². The van der Waals surface area contributed by atoms with E-state index in [9.17, 15) is 9.59 Å². The van der Waals surface area contributed by atoms with E-state index in [0.29, 0.717) is 38.2 Å². The average Bonchev–Trinajstić information content (AvgIpc) is 2.99. The van der Waals surface area contributed by atoms with Crippen molar-refractivity contribution in [1.29, 1.82) is 0 Å². The van der Waals surface area contributed by atoms with Crippen molar-refractivity contribution < 1.29 is 14.3 Å². The molecule has 0 atom stereocenters. The number of rotatable bonds is 8. The Morgan fingerprint density at radius 1 is 1.15 bits per heavy atom. The summed E-state index contributed by atoms with van der Waals surface area (Å²) in [5.74, 6) is 1.01. The van der Waals surface area contributed by atoms with Crippen LogP contribution in [-0.4, -0.2) is 35.5 Å². The zero-order valence-electron chi connectivity index (χ0n) is 21.9. The lowest BCUT2D eigenvalue weighted by molar-refractivity contribution is -0.118. The van der Waals surface area contributed by atoms with Crippen molar-refractivity contribution in [1.82, 2.24) is 9.66 Å². The van der Waals surface area contributed by atoms with E-state index in [1.807, 2.05) is 36.4 Å². The second-order valence-corrected chi connectivity index (χ2v) is 10.7. The highest BCUT2D eigenvalue weighted by molar-refractivity contribution is 9.10. The molecule has 0 radical (unpaired) electrons. The Hall–Kier alpha value is -3.69. The Morgan fingerprint density at radius 2 is 1.88 bits per heavy atom. The van der Waals surface area contributed by atoms with Crippen LogP contribution in [0.1, 0.15) is 49.4 Å². The molecule has 0 aliphatic heterocycles. The number of nitrogens with zero attached hydrogens (tertiary/aromatic N) is 3. The summed E-state index contributed by atoms with van der Waals surface area (Å²) >= 11 is 10.2. The molecule has 1 amide bonds. The Morgan fingerprint density at radius 3 is 2.62 bits per heavy atom. The maximum atomic E-state index is 13.5. The first-order chi connectivity index (χ1) is 19.5. The first-order valence-electron chi connectivity index (χ1n) is 13.1. The number of amides is 1. The number of carbonyl (C=O) groups excluding carboxylic acids is 1. The molecular weight excluding hydrogens is 596 g/mol. The second kappa shape index (κ2) is 12.7. The van der Waals surface area contributed by atoms with Crippen LogP contribution in [0.2, 0.25) is 5.02 Å². The van der Waals surface area contributed by atoms with Crippen LogP contribution in [0.25, 0.3) is 10.9 Å². The molecule has 1 N–H and O–H groups in total. The number of aromatic nitrogens is 2. The molecule has 10 heteroatoms. The number of anilines is 1. The van der Waals surface area contributed by atoms with Crippen molar-refractivity contribution in [3.05, 3.63) is 91.9 Å². The van der Waals surface area contributed by atoms with E-state index in [0.717, 1.165) is 25.7 Å². The second-order valence-electron chi connectivity index (χ2n) is 9.51. The summed E-state index contributed by atoms with van der Waals surface area (Å²) in [7, 11) is 1.48. The van der Waals surface area contributed by atoms with Crippen molar-refractivity contribution in [2.24, 2.45) is 5.10 Å². The van der Waals surface area contributed by atoms with Crippen LogP contribution in [0.15, 0.2) is 75.0 Å². The number of hydrogen-bond acceptors (Lipinski definition) is 6. The average molecular weight is 624 g/mol. The van der Waals surface area contributed by atoms with Gasteiger partial charge in [0.05, 0.1) is 24.2 Å². The monoisotopic (exact) mass is 622 g/mol. The number of ether oxygens (including phenoxy) is 2. The predicted molar refractivity (Wildman–Crippen MR) is 161 cm³/mol. The minimum atomic E-state index is -0.343. The smallest absolute Gasteiger partial charge is 0.282 e. The third-order valence-electron chi connectivity index (χ3n) is 6.84. The van der Waals surface area contributed by atoms with E-state index in [-0.39, 0.29) is 34.8 Å². The largest absolute Gasteiger partial charge is 0.493 e. The number of fused-ring (bicyclic) bond motifs is 1. The first-order valence-corrected chi connectivity index (χ1v) is 14.2. The predicted octanol–water partition coefficient (Wildman–Crippen LogP) is 6.77. The summed E-state index contributed by atoms with van der Waals surface area (Å²) in [6, 6.07) is 18.1. The maximum absolute atomic E-state index is 13.5. The fourth-order valence-corrected chi connectivity index (χ4v) is 5.49. The van der Waals surface area contributed by atoms with Crippen LogP contribution in [-0.2, 0) is 4.79 Å². The summed E-state index contributed by atoms with van der Waals surface area (Å²) in [6.45, 7) is -0.270. The number of halogens is 2. The molecule has 4 aromatic rings. The van der Waals surface area contributed by atoms with E-state index in [1.165, 1.54) is 18.2 Å². The van der Waals surface area contributed by atoms with Crippen LogP contribution < -0.4 is 20.3 Å². The Kier molecular flexibility index (Phi) is 8.81. The summed E-state index contributed by atoms with van der Waals surface area (Å²) in [6.07, 6.45) is 6.86. The van der Waals surface area contributed by atoms with Crippen LogP contribution >= 0.6 is 27.5 Å². The van der Waals surface area contributed by atoms with Crippen LogP contribution in [0.3, 0.4) is 0 Å². The van der Waals surface area contributed by atoms with Crippen molar-refractivity contribution in [2.75, 3.05) is 19.0 Å². The summed E-state index contributed by atoms with van der Waals surface area (Å²) < 4.78 is 13.2. The molecular formula is C30H28BrClN4O4. The molecule has 5 rings (SSSR count). The van der Waals surface area contributed by atoms with Gasteiger partial charge in [0.25, 0.3) is 11.5 Å². The number of benzene rings is 3. The normalized spacial score (nSPS) is 14.0. The molecule has 206 valence electrons. The fraction of sp³-hybridized carbons (Fsp3) is 0.267. The van der Waals surface area contributed by atoms with E-state index in [4.69, 9.17) is 26.1 Å². The third-order valence-corrected chi connectivity index (χ3v) is 8.29. The van der Waals surface area contributed by atoms with Gasteiger partial charge in [-0.15, -0.1) is 0 Å². The SMILES string of the molecule is COc1cc(C=Nn2c(C3CCCCC3)nc3ccccc3c2=O)c(Br)c(Cl)c1OCC(=O)Nc1ccccc1. The molecule has 0 spiro atoms. The highest BCUT2D eigenvalue weighted by Crippen LogP contribution is 2.42. The zero-order chi connectivity index (χ0) is 28.1. The van der Waals surface area contributed by atoms with Gasteiger partial charge in [-0.25, -0.2) is 4.98 Å². The van der Waals surface area contributed by atoms with Gasteiger partial charge >= 0.3 is 0 Å². The Bertz CT molecular complexity index is 1620. The van der Waals surface area contributed by atoms with Gasteiger partial charge in [-0.3, -0.25) is 9.59 Å².